The van der Waals surface area contributed by atoms with Crippen molar-refractivity contribution >= 4 is 35.0 Å². The molecule has 0 heterocycles. The van der Waals surface area contributed by atoms with E-state index >= 15 is 0 Å². The zero-order valence-corrected chi connectivity index (χ0v) is 19.6. The van der Waals surface area contributed by atoms with E-state index in [0.29, 0.717) is 46.7 Å². The van der Waals surface area contributed by atoms with E-state index < -0.39 is 6.09 Å². The predicted octanol–water partition coefficient (Wildman–Crippen LogP) is 5.37. The van der Waals surface area contributed by atoms with Crippen LogP contribution in [0.2, 0.25) is 5.02 Å². The van der Waals surface area contributed by atoms with E-state index in [1.54, 1.807) is 54.6 Å². The van der Waals surface area contributed by atoms with Crippen molar-refractivity contribution in [3.05, 3.63) is 82.9 Å². The number of halogens is 1. The zero-order chi connectivity index (χ0) is 24.3. The van der Waals surface area contributed by atoms with Gasteiger partial charge in [0.15, 0.2) is 11.5 Å². The molecular weight excluding hydrogens is 460 g/mol. The van der Waals surface area contributed by atoms with Gasteiger partial charge >= 0.3 is 6.09 Å². The van der Waals surface area contributed by atoms with Crippen LogP contribution in [-0.2, 0) is 16.1 Å². The number of hydrogen-bond donors (Lipinski definition) is 2. The van der Waals surface area contributed by atoms with Crippen LogP contribution >= 0.6 is 11.6 Å². The largest absolute Gasteiger partial charge is 0.493 e. The van der Waals surface area contributed by atoms with Crippen LogP contribution in [0, 0.1) is 0 Å². The maximum atomic E-state index is 12.8. The third-order valence-electron chi connectivity index (χ3n) is 4.62. The van der Waals surface area contributed by atoms with Crippen LogP contribution in [0.3, 0.4) is 0 Å². The first-order valence-electron chi connectivity index (χ1n) is 10.4. The van der Waals surface area contributed by atoms with Crippen molar-refractivity contribution in [2.24, 2.45) is 0 Å². The number of benzene rings is 3. The Morgan fingerprint density at radius 3 is 2.29 bits per heavy atom. The molecular formula is C25H25ClN2O6. The highest BCUT2D eigenvalue weighted by Crippen LogP contribution is 2.29. The van der Waals surface area contributed by atoms with Crippen molar-refractivity contribution in [1.82, 2.24) is 0 Å². The van der Waals surface area contributed by atoms with Gasteiger partial charge in [-0.2, -0.15) is 0 Å². The molecule has 0 unspecified atom stereocenters. The Morgan fingerprint density at radius 1 is 0.853 bits per heavy atom. The molecule has 0 radical (unpaired) electrons. The third-order valence-corrected chi connectivity index (χ3v) is 4.87. The van der Waals surface area contributed by atoms with Gasteiger partial charge in [-0.05, 0) is 54.1 Å². The van der Waals surface area contributed by atoms with E-state index in [1.807, 2.05) is 12.1 Å². The van der Waals surface area contributed by atoms with Gasteiger partial charge in [-0.3, -0.25) is 10.1 Å². The van der Waals surface area contributed by atoms with E-state index in [-0.39, 0.29) is 12.5 Å². The summed E-state index contributed by atoms with van der Waals surface area (Å²) in [7, 11) is 3.03. The predicted molar refractivity (Wildman–Crippen MR) is 130 cm³/mol. The fourth-order valence-corrected chi connectivity index (χ4v) is 3.05. The van der Waals surface area contributed by atoms with Crippen molar-refractivity contribution in [3.8, 4) is 11.5 Å². The number of amides is 2. The molecule has 3 aromatic rings. The Kier molecular flexibility index (Phi) is 9.13. The monoisotopic (exact) mass is 484 g/mol. The van der Waals surface area contributed by atoms with E-state index in [1.165, 1.54) is 14.2 Å². The quantitative estimate of drug-likeness (QED) is 0.375. The second kappa shape index (κ2) is 12.5. The molecule has 0 aliphatic heterocycles. The molecule has 3 rings (SSSR count). The molecule has 9 heteroatoms. The van der Waals surface area contributed by atoms with E-state index in [2.05, 4.69) is 10.6 Å². The highest BCUT2D eigenvalue weighted by Gasteiger charge is 2.13. The fourth-order valence-electron chi connectivity index (χ4n) is 2.92. The van der Waals surface area contributed by atoms with Crippen molar-refractivity contribution in [1.29, 1.82) is 0 Å². The van der Waals surface area contributed by atoms with Gasteiger partial charge in [-0.1, -0.05) is 29.8 Å². The summed E-state index contributed by atoms with van der Waals surface area (Å²) < 4.78 is 21.0. The third kappa shape index (κ3) is 7.40. The van der Waals surface area contributed by atoms with Gasteiger partial charge in [0.05, 0.1) is 13.7 Å². The molecule has 0 aromatic heterocycles. The summed E-state index contributed by atoms with van der Waals surface area (Å²) in [4.78, 5) is 24.6. The smallest absolute Gasteiger partial charge is 0.411 e. The summed E-state index contributed by atoms with van der Waals surface area (Å²) in [6.45, 7) is 0.769. The van der Waals surface area contributed by atoms with Gasteiger partial charge in [0.1, 0.15) is 13.2 Å². The molecule has 3 aromatic carbocycles. The van der Waals surface area contributed by atoms with Gasteiger partial charge in [0.25, 0.3) is 5.91 Å². The summed E-state index contributed by atoms with van der Waals surface area (Å²) in [5, 5.41) is 6.05. The fraction of sp³-hybridized carbons (Fsp3) is 0.200. The standard InChI is InChI=1S/C25H25ClN2O6/c1-31-12-13-33-25(30)28-21-5-3-4-20(15-21)27-24(29)18-8-11-22(23(14-18)32-2)34-16-17-6-9-19(26)10-7-17/h3-11,14-15H,12-13,16H2,1-2H3,(H,27,29)(H,28,30). The van der Waals surface area contributed by atoms with Crippen molar-refractivity contribution in [2.45, 2.75) is 6.61 Å². The molecule has 178 valence electrons. The van der Waals surface area contributed by atoms with E-state index in [0.717, 1.165) is 5.56 Å². The normalized spacial score (nSPS) is 10.3. The average molecular weight is 485 g/mol. The van der Waals surface area contributed by atoms with Crippen molar-refractivity contribution in [3.63, 3.8) is 0 Å². The molecule has 2 amide bonds. The summed E-state index contributed by atoms with van der Waals surface area (Å²) in [5.74, 6) is 0.588. The lowest BCUT2D eigenvalue weighted by Gasteiger charge is -2.13. The Hall–Kier alpha value is -3.75. The average Bonchev–Trinajstić information content (AvgIpc) is 2.84. The highest BCUT2D eigenvalue weighted by molar-refractivity contribution is 6.30. The van der Waals surface area contributed by atoms with Crippen molar-refractivity contribution < 1.29 is 28.5 Å². The summed E-state index contributed by atoms with van der Waals surface area (Å²) in [6.07, 6.45) is -0.612. The van der Waals surface area contributed by atoms with Crippen LogP contribution in [0.4, 0.5) is 16.2 Å². The number of hydrogen-bond acceptors (Lipinski definition) is 6. The zero-order valence-electron chi connectivity index (χ0n) is 18.8. The summed E-state index contributed by atoms with van der Waals surface area (Å²) >= 11 is 5.91. The number of anilines is 2. The number of rotatable bonds is 10. The number of methoxy groups -OCH3 is 2. The number of carbonyl (C=O) groups excluding carboxylic acids is 2. The lowest BCUT2D eigenvalue weighted by atomic mass is 10.1. The Labute approximate surface area is 202 Å². The first kappa shape index (κ1) is 24.9. The first-order valence-corrected chi connectivity index (χ1v) is 10.8. The Balaban J connectivity index is 1.62. The minimum absolute atomic E-state index is 0.139. The molecule has 0 spiro atoms. The van der Waals surface area contributed by atoms with Crippen LogP contribution in [-0.4, -0.2) is 39.4 Å². The molecule has 0 saturated heterocycles. The molecule has 0 aliphatic carbocycles. The van der Waals surface area contributed by atoms with Gasteiger partial charge in [-0.25, -0.2) is 4.79 Å². The van der Waals surface area contributed by atoms with Crippen LogP contribution in [0.15, 0.2) is 66.7 Å². The van der Waals surface area contributed by atoms with Gasteiger partial charge in [0.2, 0.25) is 0 Å². The SMILES string of the molecule is COCCOC(=O)Nc1cccc(NC(=O)c2ccc(OCc3ccc(Cl)cc3)c(OC)c2)c1. The highest BCUT2D eigenvalue weighted by atomic mass is 35.5. The summed E-state index contributed by atoms with van der Waals surface area (Å²) in [5.41, 5.74) is 2.31. The summed E-state index contributed by atoms with van der Waals surface area (Å²) in [6, 6.07) is 19.0. The molecule has 2 N–H and O–H groups in total. The Bertz CT molecular complexity index is 1120. The minimum Gasteiger partial charge on any atom is -0.493 e. The minimum atomic E-state index is -0.612. The van der Waals surface area contributed by atoms with Crippen LogP contribution in [0.25, 0.3) is 0 Å². The number of carbonyl (C=O) groups is 2. The number of ether oxygens (including phenoxy) is 4. The van der Waals surface area contributed by atoms with Crippen LogP contribution in [0.5, 0.6) is 11.5 Å². The molecule has 8 nitrogen and oxygen atoms in total. The molecule has 0 aliphatic rings. The molecule has 0 saturated carbocycles. The van der Waals surface area contributed by atoms with E-state index in [9.17, 15) is 9.59 Å². The second-order valence-corrected chi connectivity index (χ2v) is 7.51. The molecule has 0 atom stereocenters. The molecule has 0 fully saturated rings. The van der Waals surface area contributed by atoms with Crippen LogP contribution in [0.1, 0.15) is 15.9 Å². The number of nitrogens with one attached hydrogen (secondary N) is 2. The molecule has 34 heavy (non-hydrogen) atoms. The lowest BCUT2D eigenvalue weighted by molar-refractivity contribution is 0.102. The van der Waals surface area contributed by atoms with Crippen LogP contribution < -0.4 is 20.1 Å². The topological polar surface area (TPSA) is 95.1 Å². The first-order chi connectivity index (χ1) is 16.5. The molecule has 0 bridgehead atoms. The van der Waals surface area contributed by atoms with E-state index in [4.69, 9.17) is 30.5 Å². The van der Waals surface area contributed by atoms with Gasteiger partial charge in [0, 0.05) is 29.1 Å². The maximum absolute atomic E-state index is 12.8. The maximum Gasteiger partial charge on any atom is 0.411 e. The van der Waals surface area contributed by atoms with Gasteiger partial charge < -0.3 is 24.3 Å². The van der Waals surface area contributed by atoms with Crippen molar-refractivity contribution in [2.75, 3.05) is 38.1 Å². The lowest BCUT2D eigenvalue weighted by Crippen LogP contribution is -2.17. The van der Waals surface area contributed by atoms with Gasteiger partial charge in [-0.15, -0.1) is 0 Å². The Morgan fingerprint density at radius 2 is 1.59 bits per heavy atom. The second-order valence-electron chi connectivity index (χ2n) is 7.07.